The van der Waals surface area contributed by atoms with Crippen LogP contribution in [-0.2, 0) is 0 Å². The van der Waals surface area contributed by atoms with E-state index in [1.54, 1.807) is 0 Å². The summed E-state index contributed by atoms with van der Waals surface area (Å²) in [6, 6.07) is 2.23. The molecule has 2 unspecified atom stereocenters. The van der Waals surface area contributed by atoms with Crippen molar-refractivity contribution in [3.05, 3.63) is 22.9 Å². The minimum absolute atomic E-state index is 0.340. The van der Waals surface area contributed by atoms with E-state index in [2.05, 4.69) is 9.88 Å². The van der Waals surface area contributed by atoms with Crippen LogP contribution < -0.4 is 16.4 Å². The van der Waals surface area contributed by atoms with Crippen molar-refractivity contribution in [3.63, 3.8) is 0 Å². The molecule has 1 aromatic rings. The minimum atomic E-state index is -0.417. The first-order valence-corrected chi connectivity index (χ1v) is 7.16. The van der Waals surface area contributed by atoms with Crippen molar-refractivity contribution in [1.82, 2.24) is 4.98 Å². The molecule has 0 spiro atoms. The number of pyridine rings is 1. The van der Waals surface area contributed by atoms with Crippen molar-refractivity contribution in [3.8, 4) is 0 Å². The highest BCUT2D eigenvalue weighted by atomic mass is 16.1. The Bertz CT molecular complexity index is 515. The molecule has 2 atom stereocenters. The van der Waals surface area contributed by atoms with E-state index in [-0.39, 0.29) is 0 Å². The van der Waals surface area contributed by atoms with Gasteiger partial charge in [-0.05, 0) is 50.8 Å². The average molecular weight is 276 g/mol. The molecule has 4 N–H and O–H groups in total. The molecule has 1 aliphatic carbocycles. The lowest BCUT2D eigenvalue weighted by atomic mass is 10.0. The monoisotopic (exact) mass is 276 g/mol. The van der Waals surface area contributed by atoms with Gasteiger partial charge in [-0.25, -0.2) is 4.98 Å². The van der Waals surface area contributed by atoms with Gasteiger partial charge in [-0.1, -0.05) is 6.42 Å². The second-order valence-electron chi connectivity index (χ2n) is 5.75. The van der Waals surface area contributed by atoms with Crippen LogP contribution in [0.5, 0.6) is 0 Å². The fourth-order valence-electron chi connectivity index (χ4n) is 3.34. The van der Waals surface area contributed by atoms with Crippen LogP contribution >= 0.6 is 0 Å². The van der Waals surface area contributed by atoms with E-state index in [1.807, 2.05) is 27.0 Å². The molecule has 1 saturated carbocycles. The maximum absolute atomic E-state index is 11.8. The van der Waals surface area contributed by atoms with Gasteiger partial charge in [0.25, 0.3) is 5.91 Å². The van der Waals surface area contributed by atoms with Crippen LogP contribution in [0.2, 0.25) is 0 Å². The van der Waals surface area contributed by atoms with Gasteiger partial charge in [0, 0.05) is 18.8 Å². The molecule has 0 aromatic carbocycles. The van der Waals surface area contributed by atoms with Gasteiger partial charge >= 0.3 is 0 Å². The van der Waals surface area contributed by atoms with E-state index in [0.717, 1.165) is 24.1 Å². The molecule has 5 nitrogen and oxygen atoms in total. The number of carbonyl (C=O) groups excluding carboxylic acids is 1. The van der Waals surface area contributed by atoms with Crippen LogP contribution in [-0.4, -0.2) is 30.5 Å². The third kappa shape index (κ3) is 2.63. The van der Waals surface area contributed by atoms with Crippen molar-refractivity contribution in [2.75, 3.05) is 18.5 Å². The van der Waals surface area contributed by atoms with Gasteiger partial charge in [-0.15, -0.1) is 0 Å². The Balaban J connectivity index is 2.43. The Morgan fingerprint density at radius 2 is 2.15 bits per heavy atom. The molecule has 1 fully saturated rings. The van der Waals surface area contributed by atoms with Gasteiger partial charge in [-0.3, -0.25) is 4.79 Å². The molecule has 0 aliphatic heterocycles. The molecule has 5 heteroatoms. The molecule has 1 heterocycles. The molecule has 20 heavy (non-hydrogen) atoms. The first-order chi connectivity index (χ1) is 9.45. The molecule has 0 radical (unpaired) electrons. The van der Waals surface area contributed by atoms with E-state index >= 15 is 0 Å². The third-order valence-electron chi connectivity index (χ3n) is 4.33. The zero-order valence-corrected chi connectivity index (χ0v) is 12.5. The Kier molecular flexibility index (Phi) is 4.28. The zero-order chi connectivity index (χ0) is 14.9. The van der Waals surface area contributed by atoms with Crippen molar-refractivity contribution in [2.24, 2.45) is 17.4 Å². The van der Waals surface area contributed by atoms with Gasteiger partial charge in [0.1, 0.15) is 5.82 Å². The molecule has 0 bridgehead atoms. The van der Waals surface area contributed by atoms with E-state index in [9.17, 15) is 4.79 Å². The molecule has 0 saturated heterocycles. The minimum Gasteiger partial charge on any atom is -0.365 e. The zero-order valence-electron chi connectivity index (χ0n) is 12.5. The van der Waals surface area contributed by atoms with Crippen molar-refractivity contribution < 1.29 is 4.79 Å². The molecule has 1 aromatic heterocycles. The summed E-state index contributed by atoms with van der Waals surface area (Å²) in [5, 5.41) is 0. The van der Waals surface area contributed by atoms with Crippen molar-refractivity contribution in [2.45, 2.75) is 39.2 Å². The Hall–Kier alpha value is -1.62. The summed E-state index contributed by atoms with van der Waals surface area (Å²) in [6.45, 7) is 4.51. The van der Waals surface area contributed by atoms with Crippen LogP contribution in [0.25, 0.3) is 0 Å². The van der Waals surface area contributed by atoms with E-state index < -0.39 is 5.91 Å². The number of nitrogens with two attached hydrogens (primary N) is 2. The SMILES string of the molecule is Cc1cc(C)c(C(N)=O)c(N(C)C2CCCC2CN)n1. The number of nitrogens with zero attached hydrogens (tertiary/aromatic N) is 2. The van der Waals surface area contributed by atoms with Gasteiger partial charge < -0.3 is 16.4 Å². The molecule has 1 amide bonds. The second-order valence-corrected chi connectivity index (χ2v) is 5.75. The number of amides is 1. The van der Waals surface area contributed by atoms with E-state index in [4.69, 9.17) is 11.5 Å². The number of rotatable bonds is 4. The van der Waals surface area contributed by atoms with Crippen molar-refractivity contribution >= 4 is 11.7 Å². The summed E-state index contributed by atoms with van der Waals surface area (Å²) < 4.78 is 0. The highest BCUT2D eigenvalue weighted by Crippen LogP contribution is 2.33. The van der Waals surface area contributed by atoms with Crippen molar-refractivity contribution in [1.29, 1.82) is 0 Å². The number of hydrogen-bond donors (Lipinski definition) is 2. The van der Waals surface area contributed by atoms with Crippen LogP contribution in [0.1, 0.15) is 40.9 Å². The maximum Gasteiger partial charge on any atom is 0.252 e. The maximum atomic E-state index is 11.8. The fraction of sp³-hybridized carbons (Fsp3) is 0.600. The number of hydrogen-bond acceptors (Lipinski definition) is 4. The molecule has 2 rings (SSSR count). The highest BCUT2D eigenvalue weighted by molar-refractivity contribution is 5.99. The summed E-state index contributed by atoms with van der Waals surface area (Å²) in [6.07, 6.45) is 3.40. The summed E-state index contributed by atoms with van der Waals surface area (Å²) in [7, 11) is 1.99. The lowest BCUT2D eigenvalue weighted by molar-refractivity contribution is 0.1000. The van der Waals surface area contributed by atoms with Gasteiger partial charge in [0.2, 0.25) is 0 Å². The number of anilines is 1. The number of primary amides is 1. The Labute approximate surface area is 120 Å². The first kappa shape index (κ1) is 14.8. The largest absolute Gasteiger partial charge is 0.365 e. The summed E-state index contributed by atoms with van der Waals surface area (Å²) in [5.41, 5.74) is 13.7. The standard InChI is InChI=1S/C15H24N4O/c1-9-7-10(2)18-15(13(9)14(17)20)19(3)12-6-4-5-11(12)8-16/h7,11-12H,4-6,8,16H2,1-3H3,(H2,17,20). The summed E-state index contributed by atoms with van der Waals surface area (Å²) in [5.74, 6) is 0.739. The van der Waals surface area contributed by atoms with Crippen LogP contribution in [0.15, 0.2) is 6.07 Å². The summed E-state index contributed by atoms with van der Waals surface area (Å²) in [4.78, 5) is 18.4. The Morgan fingerprint density at radius 3 is 2.75 bits per heavy atom. The molecule has 110 valence electrons. The lowest BCUT2D eigenvalue weighted by Gasteiger charge is -2.31. The number of aromatic nitrogens is 1. The van der Waals surface area contributed by atoms with E-state index in [1.165, 1.54) is 6.42 Å². The first-order valence-electron chi connectivity index (χ1n) is 7.16. The average Bonchev–Trinajstić information content (AvgIpc) is 2.84. The third-order valence-corrected chi connectivity index (χ3v) is 4.33. The molecular formula is C15H24N4O. The number of aryl methyl sites for hydroxylation is 2. The fourth-order valence-corrected chi connectivity index (χ4v) is 3.34. The van der Waals surface area contributed by atoms with Crippen LogP contribution in [0.3, 0.4) is 0 Å². The highest BCUT2D eigenvalue weighted by Gasteiger charge is 2.32. The number of carbonyl (C=O) groups is 1. The normalized spacial score (nSPS) is 22.0. The van der Waals surface area contributed by atoms with E-state index in [0.29, 0.717) is 29.9 Å². The Morgan fingerprint density at radius 1 is 1.45 bits per heavy atom. The van der Waals surface area contributed by atoms with Gasteiger partial charge in [-0.2, -0.15) is 0 Å². The second kappa shape index (κ2) is 5.79. The van der Waals surface area contributed by atoms with Crippen LogP contribution in [0, 0.1) is 19.8 Å². The van der Waals surface area contributed by atoms with Gasteiger partial charge in [0.05, 0.1) is 5.56 Å². The molecule has 1 aliphatic rings. The lowest BCUT2D eigenvalue weighted by Crippen LogP contribution is -2.39. The predicted molar refractivity (Wildman–Crippen MR) is 80.8 cm³/mol. The molecular weight excluding hydrogens is 252 g/mol. The predicted octanol–water partition coefficient (Wildman–Crippen LogP) is 1.36. The summed E-state index contributed by atoms with van der Waals surface area (Å²) >= 11 is 0. The van der Waals surface area contributed by atoms with Gasteiger partial charge in [0.15, 0.2) is 0 Å². The van der Waals surface area contributed by atoms with Crippen LogP contribution in [0.4, 0.5) is 5.82 Å². The topological polar surface area (TPSA) is 85.2 Å². The smallest absolute Gasteiger partial charge is 0.252 e. The quantitative estimate of drug-likeness (QED) is 0.869.